The molecule has 0 aliphatic heterocycles. The summed E-state index contributed by atoms with van der Waals surface area (Å²) in [6, 6.07) is 7.65. The molecule has 1 aromatic carbocycles. The number of nitrogens with one attached hydrogen (secondary N) is 1. The van der Waals surface area contributed by atoms with Gasteiger partial charge in [0.15, 0.2) is 11.5 Å². The second kappa shape index (κ2) is 9.62. The number of benzene rings is 1. The van der Waals surface area contributed by atoms with Gasteiger partial charge in [0, 0.05) is 6.54 Å². The first-order chi connectivity index (χ1) is 10.2. The molecule has 2 rings (SSSR count). The van der Waals surface area contributed by atoms with E-state index in [1.54, 1.807) is 6.26 Å². The van der Waals surface area contributed by atoms with Crippen LogP contribution in [0.3, 0.4) is 0 Å². The largest absolute Gasteiger partial charge is 0.490 e. The Morgan fingerprint density at radius 2 is 1.91 bits per heavy atom. The molecule has 1 heterocycles. The lowest BCUT2D eigenvalue weighted by Gasteiger charge is -2.14. The SMILES string of the molecule is CCOc1cc(CNCc2ccco2)cc(Cl)c1OCC.Cl. The molecule has 1 aromatic heterocycles. The van der Waals surface area contributed by atoms with E-state index < -0.39 is 0 Å². The number of hydrogen-bond donors (Lipinski definition) is 1. The number of furan rings is 1. The van der Waals surface area contributed by atoms with E-state index in [0.717, 1.165) is 11.3 Å². The lowest BCUT2D eigenvalue weighted by Crippen LogP contribution is -2.12. The highest BCUT2D eigenvalue weighted by atomic mass is 35.5. The highest BCUT2D eigenvalue weighted by molar-refractivity contribution is 6.32. The van der Waals surface area contributed by atoms with Crippen molar-refractivity contribution in [1.29, 1.82) is 0 Å². The van der Waals surface area contributed by atoms with E-state index in [4.69, 9.17) is 25.5 Å². The number of rotatable bonds is 8. The predicted molar refractivity (Wildman–Crippen MR) is 90.3 cm³/mol. The molecule has 4 nitrogen and oxygen atoms in total. The van der Waals surface area contributed by atoms with Crippen molar-refractivity contribution in [1.82, 2.24) is 5.32 Å². The monoisotopic (exact) mass is 345 g/mol. The van der Waals surface area contributed by atoms with Crippen molar-refractivity contribution in [2.45, 2.75) is 26.9 Å². The summed E-state index contributed by atoms with van der Waals surface area (Å²) in [5.41, 5.74) is 1.04. The highest BCUT2D eigenvalue weighted by Crippen LogP contribution is 2.36. The van der Waals surface area contributed by atoms with Crippen molar-refractivity contribution in [3.8, 4) is 11.5 Å². The molecule has 0 saturated heterocycles. The van der Waals surface area contributed by atoms with Crippen molar-refractivity contribution in [3.63, 3.8) is 0 Å². The first-order valence-electron chi connectivity index (χ1n) is 7.05. The summed E-state index contributed by atoms with van der Waals surface area (Å²) in [5.74, 6) is 2.19. The van der Waals surface area contributed by atoms with E-state index >= 15 is 0 Å². The van der Waals surface area contributed by atoms with Crippen LogP contribution in [0, 0.1) is 0 Å². The smallest absolute Gasteiger partial charge is 0.179 e. The Balaban J connectivity index is 0.00000242. The molecule has 22 heavy (non-hydrogen) atoms. The standard InChI is InChI=1S/C16H20ClNO3.ClH/c1-3-19-15-9-12(8-14(17)16(15)20-4-2)10-18-11-13-6-5-7-21-13;/h5-9,18H,3-4,10-11H2,1-2H3;1H. The molecule has 122 valence electrons. The summed E-state index contributed by atoms with van der Waals surface area (Å²) in [7, 11) is 0. The molecule has 0 unspecified atom stereocenters. The highest BCUT2D eigenvalue weighted by Gasteiger charge is 2.12. The van der Waals surface area contributed by atoms with E-state index in [1.807, 2.05) is 38.1 Å². The summed E-state index contributed by atoms with van der Waals surface area (Å²) in [6.07, 6.45) is 1.66. The fourth-order valence-corrected chi connectivity index (χ4v) is 2.30. The van der Waals surface area contributed by atoms with Gasteiger partial charge in [0.25, 0.3) is 0 Å². The van der Waals surface area contributed by atoms with Crippen molar-refractivity contribution < 1.29 is 13.9 Å². The zero-order chi connectivity index (χ0) is 15.1. The van der Waals surface area contributed by atoms with Crippen molar-refractivity contribution in [2.75, 3.05) is 13.2 Å². The Morgan fingerprint density at radius 1 is 1.14 bits per heavy atom. The zero-order valence-electron chi connectivity index (χ0n) is 12.7. The average Bonchev–Trinajstić information content (AvgIpc) is 2.96. The van der Waals surface area contributed by atoms with Crippen LogP contribution in [-0.4, -0.2) is 13.2 Å². The van der Waals surface area contributed by atoms with Gasteiger partial charge in [0.05, 0.1) is 31.0 Å². The molecule has 0 saturated carbocycles. The summed E-state index contributed by atoms with van der Waals surface area (Å²) in [6.45, 7) is 6.32. The van der Waals surface area contributed by atoms with Gasteiger partial charge in [0.2, 0.25) is 0 Å². The fraction of sp³-hybridized carbons (Fsp3) is 0.375. The minimum absolute atomic E-state index is 0. The van der Waals surface area contributed by atoms with Crippen LogP contribution in [0.4, 0.5) is 0 Å². The van der Waals surface area contributed by atoms with Crippen molar-refractivity contribution >= 4 is 24.0 Å². The summed E-state index contributed by atoms with van der Waals surface area (Å²) < 4.78 is 16.4. The molecule has 0 atom stereocenters. The van der Waals surface area contributed by atoms with Crippen LogP contribution in [0.15, 0.2) is 34.9 Å². The summed E-state index contributed by atoms with van der Waals surface area (Å²) in [5, 5.41) is 3.87. The number of halogens is 2. The van der Waals surface area contributed by atoms with Crippen LogP contribution in [0.2, 0.25) is 5.02 Å². The van der Waals surface area contributed by atoms with E-state index in [9.17, 15) is 0 Å². The van der Waals surface area contributed by atoms with Crippen LogP contribution < -0.4 is 14.8 Å². The lowest BCUT2D eigenvalue weighted by molar-refractivity contribution is 0.287. The molecule has 6 heteroatoms. The number of ether oxygens (including phenoxy) is 2. The molecular weight excluding hydrogens is 325 g/mol. The maximum Gasteiger partial charge on any atom is 0.179 e. The Morgan fingerprint density at radius 3 is 2.55 bits per heavy atom. The summed E-state index contributed by atoms with van der Waals surface area (Å²) >= 11 is 6.28. The Kier molecular flexibility index (Phi) is 8.17. The quantitative estimate of drug-likeness (QED) is 0.767. The lowest BCUT2D eigenvalue weighted by atomic mass is 10.2. The third-order valence-corrected chi connectivity index (χ3v) is 3.15. The second-order valence-corrected chi connectivity index (χ2v) is 4.86. The molecule has 1 N–H and O–H groups in total. The third kappa shape index (κ3) is 5.13. The Hall–Kier alpha value is -1.36. The van der Waals surface area contributed by atoms with Crippen LogP contribution in [0.1, 0.15) is 25.2 Å². The minimum Gasteiger partial charge on any atom is -0.490 e. The van der Waals surface area contributed by atoms with Gasteiger partial charge in [0.1, 0.15) is 5.76 Å². The third-order valence-electron chi connectivity index (χ3n) is 2.87. The molecule has 0 spiro atoms. The topological polar surface area (TPSA) is 43.6 Å². The van der Waals surface area contributed by atoms with E-state index in [-0.39, 0.29) is 12.4 Å². The molecule has 0 aliphatic carbocycles. The van der Waals surface area contributed by atoms with Gasteiger partial charge >= 0.3 is 0 Å². The molecule has 2 aromatic rings. The van der Waals surface area contributed by atoms with Crippen molar-refractivity contribution in [3.05, 3.63) is 46.9 Å². The van der Waals surface area contributed by atoms with E-state index in [2.05, 4.69) is 5.32 Å². The Bertz CT molecular complexity index is 559. The van der Waals surface area contributed by atoms with E-state index in [0.29, 0.717) is 42.8 Å². The molecule has 0 amide bonds. The van der Waals surface area contributed by atoms with Gasteiger partial charge in [-0.3, -0.25) is 0 Å². The molecule has 0 radical (unpaired) electrons. The van der Waals surface area contributed by atoms with Gasteiger partial charge in [-0.1, -0.05) is 11.6 Å². The fourth-order valence-electron chi connectivity index (χ4n) is 2.01. The zero-order valence-corrected chi connectivity index (χ0v) is 14.3. The van der Waals surface area contributed by atoms with Crippen LogP contribution in [0.5, 0.6) is 11.5 Å². The number of hydrogen-bond acceptors (Lipinski definition) is 4. The predicted octanol–water partition coefficient (Wildman–Crippen LogP) is 4.44. The maximum atomic E-state index is 6.28. The van der Waals surface area contributed by atoms with Gasteiger partial charge < -0.3 is 19.2 Å². The van der Waals surface area contributed by atoms with Gasteiger partial charge in [-0.05, 0) is 43.7 Å². The first kappa shape index (κ1) is 18.7. The molecule has 0 fully saturated rings. The van der Waals surface area contributed by atoms with Crippen molar-refractivity contribution in [2.24, 2.45) is 0 Å². The maximum absolute atomic E-state index is 6.28. The summed E-state index contributed by atoms with van der Waals surface area (Å²) in [4.78, 5) is 0. The molecule has 0 aliphatic rings. The first-order valence-corrected chi connectivity index (χ1v) is 7.43. The van der Waals surface area contributed by atoms with Gasteiger partial charge in [-0.15, -0.1) is 12.4 Å². The van der Waals surface area contributed by atoms with Crippen LogP contribution in [0.25, 0.3) is 0 Å². The molecular formula is C16H21Cl2NO3. The van der Waals surface area contributed by atoms with Gasteiger partial charge in [-0.25, -0.2) is 0 Å². The normalized spacial score (nSPS) is 10.1. The second-order valence-electron chi connectivity index (χ2n) is 4.45. The minimum atomic E-state index is 0. The Labute approximate surface area is 142 Å². The van der Waals surface area contributed by atoms with Gasteiger partial charge in [-0.2, -0.15) is 0 Å². The average molecular weight is 346 g/mol. The van der Waals surface area contributed by atoms with Crippen LogP contribution in [-0.2, 0) is 13.1 Å². The molecule has 0 bridgehead atoms. The van der Waals surface area contributed by atoms with E-state index in [1.165, 1.54) is 0 Å². The van der Waals surface area contributed by atoms with Crippen LogP contribution >= 0.6 is 24.0 Å².